The fourth-order valence-corrected chi connectivity index (χ4v) is 3.93. The summed E-state index contributed by atoms with van der Waals surface area (Å²) >= 11 is 5.72. The van der Waals surface area contributed by atoms with E-state index >= 15 is 0 Å². The van der Waals surface area contributed by atoms with E-state index in [-0.39, 0.29) is 6.02 Å². The van der Waals surface area contributed by atoms with E-state index in [2.05, 4.69) is 14.1 Å². The lowest BCUT2D eigenvalue weighted by molar-refractivity contribution is 0.394. The van der Waals surface area contributed by atoms with Crippen molar-refractivity contribution in [1.29, 1.82) is 5.41 Å². The van der Waals surface area contributed by atoms with Crippen LogP contribution in [-0.2, 0) is 14.7 Å². The molecule has 0 saturated carbocycles. The first-order valence-corrected chi connectivity index (χ1v) is 7.34. The Balaban J connectivity index is 2.38. The molecule has 1 unspecified atom stereocenters. The zero-order chi connectivity index (χ0) is 13.2. The number of hydrogen-bond acceptors (Lipinski definition) is 4. The molecule has 0 aromatic carbocycles. The number of methoxy groups -OCH3 is 1. The Morgan fingerprint density at radius 3 is 3.06 bits per heavy atom. The summed E-state index contributed by atoms with van der Waals surface area (Å²) in [4.78, 5) is 3.96. The summed E-state index contributed by atoms with van der Waals surface area (Å²) in [6.45, 7) is 0.614. The number of aromatic nitrogens is 1. The molecule has 1 aliphatic heterocycles. The number of nitrogens with one attached hydrogen (secondary N) is 1. The number of rotatable bonds is 1. The van der Waals surface area contributed by atoms with Crippen LogP contribution in [0.2, 0.25) is 5.15 Å². The van der Waals surface area contributed by atoms with Crippen LogP contribution in [0.1, 0.15) is 6.42 Å². The van der Waals surface area contributed by atoms with E-state index in [1.165, 1.54) is 7.11 Å². The van der Waals surface area contributed by atoms with E-state index in [1.54, 1.807) is 22.6 Å². The van der Waals surface area contributed by atoms with Crippen LogP contribution in [0.25, 0.3) is 0 Å². The maximum Gasteiger partial charge on any atom is 0.318 e. The average Bonchev–Trinajstić information content (AvgIpc) is 2.72. The summed E-state index contributed by atoms with van der Waals surface area (Å²) in [5.41, 5.74) is 0.689. The number of hydrogen-bond donors (Lipinski definition) is 1. The van der Waals surface area contributed by atoms with Crippen molar-refractivity contribution in [2.75, 3.05) is 23.7 Å². The Morgan fingerprint density at radius 1 is 1.67 bits per heavy atom. The molecule has 2 rings (SSSR count). The predicted octanol–water partition coefficient (Wildman–Crippen LogP) is 1.91. The van der Waals surface area contributed by atoms with Gasteiger partial charge in [-0.25, -0.2) is 14.6 Å². The number of anilines is 1. The van der Waals surface area contributed by atoms with Crippen LogP contribution in [0.4, 0.5) is 5.69 Å². The molecular weight excluding hydrogens is 276 g/mol. The molecule has 1 atom stereocenters. The Labute approximate surface area is 111 Å². The number of nitrogens with zero attached hydrogens (tertiary/aromatic N) is 3. The number of amidine groups is 1. The van der Waals surface area contributed by atoms with Gasteiger partial charge in [0.15, 0.2) is 0 Å². The minimum atomic E-state index is -2.65. The molecule has 0 radical (unpaired) electrons. The van der Waals surface area contributed by atoms with Crippen LogP contribution in [0.15, 0.2) is 22.7 Å². The van der Waals surface area contributed by atoms with Crippen LogP contribution in [0.3, 0.4) is 0 Å². The van der Waals surface area contributed by atoms with Gasteiger partial charge in [0.1, 0.15) is 15.1 Å². The molecule has 0 aliphatic carbocycles. The first-order valence-electron chi connectivity index (χ1n) is 5.32. The van der Waals surface area contributed by atoms with Crippen LogP contribution in [0.5, 0.6) is 0 Å². The number of halogens is 1. The van der Waals surface area contributed by atoms with Crippen molar-refractivity contribution in [3.05, 3.63) is 23.5 Å². The number of pyridine rings is 1. The van der Waals surface area contributed by atoms with Crippen molar-refractivity contribution < 1.29 is 8.95 Å². The average molecular weight is 289 g/mol. The lowest BCUT2D eigenvalue weighted by Crippen LogP contribution is -2.26. The summed E-state index contributed by atoms with van der Waals surface area (Å²) in [5, 5.41) is 7.76. The molecule has 18 heavy (non-hydrogen) atoms. The van der Waals surface area contributed by atoms with E-state index in [0.717, 1.165) is 6.42 Å². The second kappa shape index (κ2) is 5.11. The lowest BCUT2D eigenvalue weighted by atomic mass is 10.4. The smallest absolute Gasteiger partial charge is 0.318 e. The van der Waals surface area contributed by atoms with Crippen LogP contribution in [-0.4, -0.2) is 34.6 Å². The van der Waals surface area contributed by atoms with Gasteiger partial charge in [0, 0.05) is 6.54 Å². The third-order valence-corrected chi connectivity index (χ3v) is 5.11. The van der Waals surface area contributed by atoms with Crippen molar-refractivity contribution in [1.82, 2.24) is 4.98 Å². The molecule has 1 N–H and O–H groups in total. The van der Waals surface area contributed by atoms with Crippen molar-refractivity contribution >= 4 is 33.2 Å². The molecule has 1 aliphatic rings. The molecular formula is C10H13ClN4O2S. The molecule has 1 aromatic heterocycles. The normalized spacial score (nSPS) is 22.9. The first-order chi connectivity index (χ1) is 8.55. The fourth-order valence-electron chi connectivity index (χ4n) is 1.72. The minimum absolute atomic E-state index is 0.325. The summed E-state index contributed by atoms with van der Waals surface area (Å²) in [5.74, 6) is 0.418. The standard InChI is InChI=1S/C10H13ClN4O2S/c1-17-10(12)14-18(16)6-2-5-15(18)8-3-4-9(11)13-7-8/h3-4,7,12H,2,5-6H2,1H3. The molecule has 98 valence electrons. The molecule has 2 heterocycles. The summed E-state index contributed by atoms with van der Waals surface area (Å²) in [7, 11) is -1.31. The molecule has 1 saturated heterocycles. The molecule has 0 amide bonds. The molecule has 8 heteroatoms. The van der Waals surface area contributed by atoms with Gasteiger partial charge < -0.3 is 4.74 Å². The predicted molar refractivity (Wildman–Crippen MR) is 71.4 cm³/mol. The van der Waals surface area contributed by atoms with Crippen molar-refractivity contribution in [3.63, 3.8) is 0 Å². The van der Waals surface area contributed by atoms with Crippen molar-refractivity contribution in [3.8, 4) is 0 Å². The second-order valence-electron chi connectivity index (χ2n) is 3.71. The van der Waals surface area contributed by atoms with Gasteiger partial charge in [0.25, 0.3) is 0 Å². The zero-order valence-corrected chi connectivity index (χ0v) is 11.4. The third-order valence-electron chi connectivity index (χ3n) is 2.53. The topological polar surface area (TPSA) is 78.6 Å². The zero-order valence-electron chi connectivity index (χ0n) is 9.80. The van der Waals surface area contributed by atoms with Gasteiger partial charge in [-0.15, -0.1) is 4.36 Å². The lowest BCUT2D eigenvalue weighted by Gasteiger charge is -2.19. The maximum absolute atomic E-state index is 12.6. The Kier molecular flexibility index (Phi) is 3.72. The van der Waals surface area contributed by atoms with Crippen molar-refractivity contribution in [2.24, 2.45) is 4.36 Å². The molecule has 0 spiro atoms. The van der Waals surface area contributed by atoms with E-state index in [4.69, 9.17) is 17.0 Å². The van der Waals surface area contributed by atoms with Crippen molar-refractivity contribution in [2.45, 2.75) is 6.42 Å². The maximum atomic E-state index is 12.6. The fraction of sp³-hybridized carbons (Fsp3) is 0.400. The van der Waals surface area contributed by atoms with E-state index in [9.17, 15) is 4.21 Å². The van der Waals surface area contributed by atoms with Crippen LogP contribution in [0, 0.1) is 5.41 Å². The second-order valence-corrected chi connectivity index (χ2v) is 6.34. The minimum Gasteiger partial charge on any atom is -0.467 e. The van der Waals surface area contributed by atoms with E-state index < -0.39 is 9.92 Å². The van der Waals surface area contributed by atoms with E-state index in [0.29, 0.717) is 23.1 Å². The highest BCUT2D eigenvalue weighted by atomic mass is 35.5. The van der Waals surface area contributed by atoms with Crippen LogP contribution < -0.4 is 4.31 Å². The van der Waals surface area contributed by atoms with Gasteiger partial charge in [-0.05, 0) is 18.6 Å². The van der Waals surface area contributed by atoms with Gasteiger partial charge in [-0.1, -0.05) is 11.6 Å². The first kappa shape index (κ1) is 13.1. The highest BCUT2D eigenvalue weighted by Gasteiger charge is 2.28. The van der Waals surface area contributed by atoms with Gasteiger partial charge in [-0.3, -0.25) is 4.31 Å². The highest BCUT2D eigenvalue weighted by molar-refractivity contribution is 7.95. The largest absolute Gasteiger partial charge is 0.467 e. The molecule has 6 nitrogen and oxygen atoms in total. The number of ether oxygens (including phenoxy) is 1. The molecule has 0 bridgehead atoms. The van der Waals surface area contributed by atoms with Gasteiger partial charge in [0.05, 0.1) is 24.7 Å². The summed E-state index contributed by atoms with van der Waals surface area (Å²) in [6.07, 6.45) is 2.31. The SMILES string of the molecule is COC(=N)N=S1(=O)CCCN1c1ccc(Cl)nc1. The Hall–Kier alpha value is -1.34. The quantitative estimate of drug-likeness (QED) is 0.487. The summed E-state index contributed by atoms with van der Waals surface area (Å²) in [6, 6.07) is 3.05. The van der Waals surface area contributed by atoms with Crippen LogP contribution >= 0.6 is 11.6 Å². The highest BCUT2D eigenvalue weighted by Crippen LogP contribution is 2.25. The Bertz CT molecular complexity index is 566. The van der Waals surface area contributed by atoms with Gasteiger partial charge in [0.2, 0.25) is 0 Å². The monoisotopic (exact) mass is 288 g/mol. The Morgan fingerprint density at radius 2 is 2.44 bits per heavy atom. The summed E-state index contributed by atoms with van der Waals surface area (Å²) < 4.78 is 22.8. The van der Waals surface area contributed by atoms with Gasteiger partial charge >= 0.3 is 6.02 Å². The molecule has 1 fully saturated rings. The van der Waals surface area contributed by atoms with E-state index in [1.807, 2.05) is 0 Å². The third kappa shape index (κ3) is 2.56. The van der Waals surface area contributed by atoms with Gasteiger partial charge in [-0.2, -0.15) is 0 Å². The molecule has 1 aromatic rings.